The Morgan fingerprint density at radius 3 is 1.95 bits per heavy atom. The molecule has 0 aliphatic heterocycles. The van der Waals surface area contributed by atoms with E-state index in [-0.39, 0.29) is 16.3 Å². The quantitative estimate of drug-likeness (QED) is 0.475. The Balaban J connectivity index is 2.28. The number of carbonyl (C=O) groups excluding carboxylic acids is 1. The van der Waals surface area contributed by atoms with Gasteiger partial charge in [0.2, 0.25) is 5.78 Å². The zero-order valence-electron chi connectivity index (χ0n) is 11.0. The molecule has 2 rings (SSSR count). The van der Waals surface area contributed by atoms with Crippen LogP contribution in [-0.4, -0.2) is 22.5 Å². The van der Waals surface area contributed by atoms with E-state index in [1.165, 1.54) is 0 Å². The molecule has 19 heavy (non-hydrogen) atoms. The van der Waals surface area contributed by atoms with Gasteiger partial charge >= 0.3 is 0 Å². The van der Waals surface area contributed by atoms with Crippen LogP contribution >= 0.6 is 22.2 Å². The van der Waals surface area contributed by atoms with Gasteiger partial charge in [-0.2, -0.15) is 10.5 Å². The van der Waals surface area contributed by atoms with Gasteiger partial charge in [-0.1, -0.05) is 60.3 Å². The highest BCUT2D eigenvalue weighted by Gasteiger charge is 2.14. The minimum Gasteiger partial charge on any atom is -0.287 e. The Morgan fingerprint density at radius 2 is 1.42 bits per heavy atom. The van der Waals surface area contributed by atoms with Crippen molar-refractivity contribution in [1.82, 2.24) is 0 Å². The highest BCUT2D eigenvalue weighted by molar-refractivity contribution is 8.35. The van der Waals surface area contributed by atoms with Crippen molar-refractivity contribution in [3.05, 3.63) is 66.2 Å². The summed E-state index contributed by atoms with van der Waals surface area (Å²) in [4.78, 5) is 13.7. The molecule has 0 aliphatic rings. The van der Waals surface area contributed by atoms with Crippen LogP contribution in [0.25, 0.3) is 0 Å². The molecular formula is C16H16OS2. The van der Waals surface area contributed by atoms with Crippen molar-refractivity contribution >= 4 is 32.2 Å². The highest BCUT2D eigenvalue weighted by atomic mass is 32.2. The first-order valence-electron chi connectivity index (χ1n) is 5.95. The highest BCUT2D eigenvalue weighted by Crippen LogP contribution is 2.26. The standard InChI is InChI=1S/C16H16OS2/c1-19(2)16(18-14-11-7-4-8-12-14)15(17)13-9-5-3-6-10-13/h3-12H,1-2H3. The van der Waals surface area contributed by atoms with Gasteiger partial charge in [0.25, 0.3) is 0 Å². The second-order valence-electron chi connectivity index (χ2n) is 4.21. The molecule has 0 radical (unpaired) electrons. The predicted molar refractivity (Wildman–Crippen MR) is 87.5 cm³/mol. The van der Waals surface area contributed by atoms with Gasteiger partial charge in [0.1, 0.15) is 0 Å². The van der Waals surface area contributed by atoms with Crippen LogP contribution in [0.15, 0.2) is 65.6 Å². The van der Waals surface area contributed by atoms with Gasteiger partial charge < -0.3 is 0 Å². The van der Waals surface area contributed by atoms with Gasteiger partial charge in [-0.3, -0.25) is 4.79 Å². The first-order valence-corrected chi connectivity index (χ1v) is 8.81. The fraction of sp³-hybridized carbons (Fsp3) is 0.125. The van der Waals surface area contributed by atoms with Gasteiger partial charge in [-0.15, -0.1) is 0 Å². The molecule has 3 heteroatoms. The molecule has 0 unspecified atom stereocenters. The molecule has 0 aliphatic carbocycles. The number of hydrogen-bond donors (Lipinski definition) is 0. The van der Waals surface area contributed by atoms with E-state index < -0.39 is 0 Å². The SMILES string of the molecule is CS(C)=C(Sc1ccccc1)C(=O)c1ccccc1. The summed E-state index contributed by atoms with van der Waals surface area (Å²) in [6.45, 7) is 0. The normalized spacial score (nSPS) is 10.5. The van der Waals surface area contributed by atoms with E-state index in [9.17, 15) is 4.79 Å². The maximum absolute atomic E-state index is 12.5. The first-order chi connectivity index (χ1) is 9.18. The van der Waals surface area contributed by atoms with E-state index in [0.717, 1.165) is 14.7 Å². The molecular weight excluding hydrogens is 272 g/mol. The monoisotopic (exact) mass is 288 g/mol. The molecule has 0 fully saturated rings. The van der Waals surface area contributed by atoms with Crippen molar-refractivity contribution in [3.8, 4) is 0 Å². The lowest BCUT2D eigenvalue weighted by atomic mass is 10.1. The molecule has 0 amide bonds. The number of rotatable bonds is 3. The maximum atomic E-state index is 12.5. The Labute approximate surface area is 121 Å². The summed E-state index contributed by atoms with van der Waals surface area (Å²) in [6.07, 6.45) is 4.18. The summed E-state index contributed by atoms with van der Waals surface area (Å²) in [5.41, 5.74) is 0.766. The number of Topliss-reactive ketones (excluding diaryl/α,β-unsaturated/α-hetero) is 1. The largest absolute Gasteiger partial charge is 0.287 e. The van der Waals surface area contributed by atoms with Gasteiger partial charge in [-0.25, -0.2) is 0 Å². The molecule has 0 aromatic heterocycles. The smallest absolute Gasteiger partial charge is 0.205 e. The van der Waals surface area contributed by atoms with Crippen LogP contribution < -0.4 is 0 Å². The molecule has 0 heterocycles. The van der Waals surface area contributed by atoms with Crippen molar-refractivity contribution in [2.75, 3.05) is 12.5 Å². The van der Waals surface area contributed by atoms with Gasteiger partial charge in [0.15, 0.2) is 0 Å². The van der Waals surface area contributed by atoms with Gasteiger partial charge in [0, 0.05) is 10.5 Å². The Hall–Kier alpha value is -1.32. The fourth-order valence-electron chi connectivity index (χ4n) is 1.62. The third-order valence-electron chi connectivity index (χ3n) is 2.55. The van der Waals surface area contributed by atoms with E-state index in [0.29, 0.717) is 0 Å². The third kappa shape index (κ3) is 3.82. The second kappa shape index (κ2) is 6.73. The fourth-order valence-corrected chi connectivity index (χ4v) is 3.78. The molecule has 0 spiro atoms. The van der Waals surface area contributed by atoms with E-state index in [1.54, 1.807) is 11.8 Å². The molecule has 0 bridgehead atoms. The van der Waals surface area contributed by atoms with Gasteiger partial charge in [-0.05, 0) is 24.6 Å². The Morgan fingerprint density at radius 1 is 0.895 bits per heavy atom. The topological polar surface area (TPSA) is 17.1 Å². The summed E-state index contributed by atoms with van der Waals surface area (Å²) in [5.74, 6) is 0.141. The lowest BCUT2D eigenvalue weighted by Gasteiger charge is -2.09. The van der Waals surface area contributed by atoms with E-state index in [2.05, 4.69) is 12.5 Å². The Kier molecular flexibility index (Phi) is 5.00. The predicted octanol–water partition coefficient (Wildman–Crippen LogP) is 4.32. The molecule has 0 saturated carbocycles. The molecule has 2 aromatic rings. The van der Waals surface area contributed by atoms with Crippen molar-refractivity contribution in [2.24, 2.45) is 0 Å². The minimum absolute atomic E-state index is 0.0543. The van der Waals surface area contributed by atoms with Crippen LogP contribution in [0, 0.1) is 0 Å². The molecule has 98 valence electrons. The maximum Gasteiger partial charge on any atom is 0.205 e. The minimum atomic E-state index is -0.0543. The molecule has 0 saturated heterocycles. The van der Waals surface area contributed by atoms with Crippen molar-refractivity contribution in [3.63, 3.8) is 0 Å². The third-order valence-corrected chi connectivity index (χ3v) is 5.60. The lowest BCUT2D eigenvalue weighted by molar-refractivity contribution is 0.107. The zero-order chi connectivity index (χ0) is 13.7. The van der Waals surface area contributed by atoms with Crippen LogP contribution in [0.2, 0.25) is 0 Å². The van der Waals surface area contributed by atoms with Crippen LogP contribution in [-0.2, 0) is 0 Å². The summed E-state index contributed by atoms with van der Waals surface area (Å²) in [7, 11) is -0.0543. The zero-order valence-corrected chi connectivity index (χ0v) is 12.6. The average Bonchev–Trinajstić information content (AvgIpc) is 2.46. The number of thioether (sulfide) groups is 1. The van der Waals surface area contributed by atoms with E-state index in [1.807, 2.05) is 60.7 Å². The summed E-state index contributed by atoms with van der Waals surface area (Å²) in [5, 5.41) is 0. The molecule has 0 atom stereocenters. The van der Waals surface area contributed by atoms with Gasteiger partial charge in [0.05, 0.1) is 4.20 Å². The number of carbonyl (C=O) groups is 1. The van der Waals surface area contributed by atoms with E-state index in [4.69, 9.17) is 0 Å². The van der Waals surface area contributed by atoms with Crippen LogP contribution in [0.4, 0.5) is 0 Å². The van der Waals surface area contributed by atoms with Crippen LogP contribution in [0.1, 0.15) is 10.4 Å². The lowest BCUT2D eigenvalue weighted by Crippen LogP contribution is -2.10. The summed E-state index contributed by atoms with van der Waals surface area (Å²) in [6, 6.07) is 19.5. The van der Waals surface area contributed by atoms with Crippen LogP contribution in [0.3, 0.4) is 0 Å². The Bertz CT molecular complexity index is 585. The summed E-state index contributed by atoms with van der Waals surface area (Å²) >= 11 is 1.58. The number of ketones is 1. The molecule has 0 N–H and O–H groups in total. The number of benzene rings is 2. The number of hydrogen-bond acceptors (Lipinski definition) is 2. The van der Waals surface area contributed by atoms with E-state index >= 15 is 0 Å². The molecule has 1 nitrogen and oxygen atoms in total. The first kappa shape index (κ1) is 14.1. The molecule has 2 aromatic carbocycles. The summed E-state index contributed by atoms with van der Waals surface area (Å²) < 4.78 is 0.914. The average molecular weight is 288 g/mol. The van der Waals surface area contributed by atoms with Crippen molar-refractivity contribution < 1.29 is 4.79 Å². The van der Waals surface area contributed by atoms with Crippen molar-refractivity contribution in [1.29, 1.82) is 0 Å². The van der Waals surface area contributed by atoms with Crippen molar-refractivity contribution in [2.45, 2.75) is 4.90 Å². The second-order valence-corrected chi connectivity index (χ2v) is 7.60. The van der Waals surface area contributed by atoms with Crippen LogP contribution in [0.5, 0.6) is 0 Å².